The first-order valence-corrected chi connectivity index (χ1v) is 1.77. The highest BCUT2D eigenvalue weighted by molar-refractivity contribution is 5.76. The van der Waals surface area contributed by atoms with Crippen molar-refractivity contribution in [3.05, 3.63) is 6.42 Å². The zero-order valence-electron chi connectivity index (χ0n) is 3.72. The summed E-state index contributed by atoms with van der Waals surface area (Å²) >= 11 is 0. The minimum atomic E-state index is -0.960. The van der Waals surface area contributed by atoms with Crippen molar-refractivity contribution >= 4 is 5.97 Å². The van der Waals surface area contributed by atoms with Gasteiger partial charge in [-0.25, -0.2) is 0 Å². The molecule has 0 heterocycles. The Morgan fingerprint density at radius 2 is 2.57 bits per heavy atom. The summed E-state index contributed by atoms with van der Waals surface area (Å²) in [4.78, 5) is 9.61. The Kier molecular flexibility index (Phi) is 2.78. The van der Waals surface area contributed by atoms with E-state index >= 15 is 0 Å². The van der Waals surface area contributed by atoms with Crippen LogP contribution in [-0.4, -0.2) is 11.1 Å². The van der Waals surface area contributed by atoms with Crippen LogP contribution in [0, 0.1) is 18.8 Å². The Bertz CT molecular complexity index is 99.1. The van der Waals surface area contributed by atoms with Crippen molar-refractivity contribution in [1.29, 1.82) is 0 Å². The molecule has 0 unspecified atom stereocenters. The molecule has 1 radical (unpaired) electrons. The Morgan fingerprint density at radius 1 is 2.00 bits per heavy atom. The normalized spacial score (nSPS) is 7.29. The molecule has 0 aliphatic carbocycles. The second-order valence-corrected chi connectivity index (χ2v) is 0.951. The minimum Gasteiger partial charge on any atom is -0.481 e. The van der Waals surface area contributed by atoms with Gasteiger partial charge in [-0.1, -0.05) is 0 Å². The number of carboxylic acid groups (broad SMARTS) is 1. The van der Waals surface area contributed by atoms with E-state index < -0.39 is 5.97 Å². The van der Waals surface area contributed by atoms with Crippen molar-refractivity contribution < 1.29 is 9.90 Å². The Hall–Kier alpha value is -0.970. The van der Waals surface area contributed by atoms with E-state index in [4.69, 9.17) is 11.5 Å². The molecule has 0 amide bonds. The van der Waals surface area contributed by atoms with Crippen LogP contribution in [0.1, 0.15) is 6.42 Å². The third kappa shape index (κ3) is 5.03. The van der Waals surface area contributed by atoms with Crippen molar-refractivity contribution in [1.82, 2.24) is 0 Å². The predicted octanol–water partition coefficient (Wildman–Crippen LogP) is 0.299. The van der Waals surface area contributed by atoms with Gasteiger partial charge < -0.3 is 5.11 Å². The minimum absolute atomic E-state index is 0.204. The van der Waals surface area contributed by atoms with Crippen LogP contribution in [0.4, 0.5) is 0 Å². The summed E-state index contributed by atoms with van der Waals surface area (Å²) in [7, 11) is 0. The van der Waals surface area contributed by atoms with Gasteiger partial charge in [-0.2, -0.15) is 0 Å². The van der Waals surface area contributed by atoms with Crippen molar-refractivity contribution in [3.63, 3.8) is 0 Å². The van der Waals surface area contributed by atoms with E-state index in [-0.39, 0.29) is 6.42 Å². The molecule has 0 saturated heterocycles. The highest BCUT2D eigenvalue weighted by Crippen LogP contribution is 1.80. The molecule has 0 aromatic heterocycles. The summed E-state index contributed by atoms with van der Waals surface area (Å²) in [6.07, 6.45) is 5.96. The molecule has 0 aromatic carbocycles. The number of carbonyl (C=O) groups is 1. The lowest BCUT2D eigenvalue weighted by atomic mass is 10.3. The van der Waals surface area contributed by atoms with E-state index in [1.807, 2.05) is 0 Å². The molecule has 0 spiro atoms. The van der Waals surface area contributed by atoms with E-state index in [0.717, 1.165) is 6.42 Å². The smallest absolute Gasteiger partial charge is 0.308 e. The molecule has 0 atom stereocenters. The largest absolute Gasteiger partial charge is 0.481 e. The van der Waals surface area contributed by atoms with Gasteiger partial charge in [-0.15, -0.1) is 12.3 Å². The van der Waals surface area contributed by atoms with E-state index in [0.29, 0.717) is 0 Å². The van der Waals surface area contributed by atoms with Gasteiger partial charge in [0.15, 0.2) is 0 Å². The van der Waals surface area contributed by atoms with Gasteiger partial charge in [0.1, 0.15) is 0 Å². The fourth-order valence-corrected chi connectivity index (χ4v) is 0.146. The van der Waals surface area contributed by atoms with Crippen LogP contribution in [-0.2, 0) is 4.79 Å². The first-order chi connectivity index (χ1) is 3.27. The average Bonchev–Trinajstić information content (AvgIpc) is 1.61. The highest BCUT2D eigenvalue weighted by atomic mass is 16.4. The van der Waals surface area contributed by atoms with Gasteiger partial charge >= 0.3 is 5.97 Å². The molecular formula is C5H5O2. The SMILES string of the molecule is C#CC[CH]C(=O)O. The van der Waals surface area contributed by atoms with Crippen LogP contribution in [0.25, 0.3) is 0 Å². The van der Waals surface area contributed by atoms with Crippen LogP contribution in [0.3, 0.4) is 0 Å². The molecule has 0 aromatic rings. The molecule has 7 heavy (non-hydrogen) atoms. The quantitative estimate of drug-likeness (QED) is 0.503. The maximum Gasteiger partial charge on any atom is 0.308 e. The number of rotatable bonds is 2. The number of terminal acetylenes is 1. The van der Waals surface area contributed by atoms with Gasteiger partial charge in [-0.05, 0) is 0 Å². The standard InChI is InChI=1S/C5H5O2/c1-2-3-4-5(6)7/h1,4H,3H2,(H,6,7). The van der Waals surface area contributed by atoms with Gasteiger partial charge in [0, 0.05) is 6.42 Å². The second kappa shape index (κ2) is 3.23. The summed E-state index contributed by atoms with van der Waals surface area (Å²) in [5.74, 6) is 1.20. The molecule has 0 saturated carbocycles. The average molecular weight is 97.1 g/mol. The van der Waals surface area contributed by atoms with Crippen molar-refractivity contribution in [2.45, 2.75) is 6.42 Å². The Balaban J connectivity index is 3.02. The summed E-state index contributed by atoms with van der Waals surface area (Å²) < 4.78 is 0. The Morgan fingerprint density at radius 3 is 2.71 bits per heavy atom. The third-order valence-electron chi connectivity index (χ3n) is 0.395. The van der Waals surface area contributed by atoms with Crippen LogP contribution in [0.15, 0.2) is 0 Å². The molecule has 0 aliphatic heterocycles. The second-order valence-electron chi connectivity index (χ2n) is 0.951. The molecule has 0 fully saturated rings. The zero-order valence-corrected chi connectivity index (χ0v) is 3.72. The maximum atomic E-state index is 9.61. The molecule has 37 valence electrons. The van der Waals surface area contributed by atoms with Gasteiger partial charge in [0.2, 0.25) is 0 Å². The van der Waals surface area contributed by atoms with Crippen LogP contribution in [0.2, 0.25) is 0 Å². The topological polar surface area (TPSA) is 37.3 Å². The predicted molar refractivity (Wildman–Crippen MR) is 25.4 cm³/mol. The van der Waals surface area contributed by atoms with Crippen molar-refractivity contribution in [3.8, 4) is 12.3 Å². The van der Waals surface area contributed by atoms with Gasteiger partial charge in [-0.3, -0.25) is 4.79 Å². The number of aliphatic carboxylic acids is 1. The lowest BCUT2D eigenvalue weighted by Gasteiger charge is -1.79. The first kappa shape index (κ1) is 6.03. The zero-order chi connectivity index (χ0) is 5.70. The van der Waals surface area contributed by atoms with Crippen molar-refractivity contribution in [2.24, 2.45) is 0 Å². The lowest BCUT2D eigenvalue weighted by Crippen LogP contribution is -1.92. The first-order valence-electron chi connectivity index (χ1n) is 1.77. The summed E-state index contributed by atoms with van der Waals surface area (Å²) in [6, 6.07) is 0. The number of hydrogen-bond donors (Lipinski definition) is 1. The fourth-order valence-electron chi connectivity index (χ4n) is 0.146. The number of hydrogen-bond acceptors (Lipinski definition) is 1. The maximum absolute atomic E-state index is 9.61. The summed E-state index contributed by atoms with van der Waals surface area (Å²) in [5.41, 5.74) is 0. The van der Waals surface area contributed by atoms with E-state index in [2.05, 4.69) is 5.92 Å². The number of carboxylic acids is 1. The fraction of sp³-hybridized carbons (Fsp3) is 0.200. The van der Waals surface area contributed by atoms with Gasteiger partial charge in [0.05, 0.1) is 6.42 Å². The van der Waals surface area contributed by atoms with Crippen LogP contribution in [0.5, 0.6) is 0 Å². The molecule has 2 nitrogen and oxygen atoms in total. The molecule has 2 heteroatoms. The molecule has 0 rings (SSSR count). The monoisotopic (exact) mass is 97.0 g/mol. The molecular weight excluding hydrogens is 92.1 g/mol. The molecule has 1 N–H and O–H groups in total. The summed E-state index contributed by atoms with van der Waals surface area (Å²) in [5, 5.41) is 7.89. The lowest BCUT2D eigenvalue weighted by molar-refractivity contribution is -0.133. The third-order valence-corrected chi connectivity index (χ3v) is 0.395. The van der Waals surface area contributed by atoms with E-state index in [9.17, 15) is 4.79 Å². The van der Waals surface area contributed by atoms with E-state index in [1.165, 1.54) is 0 Å². The van der Waals surface area contributed by atoms with Gasteiger partial charge in [0.25, 0.3) is 0 Å². The Labute approximate surface area is 42.2 Å². The molecule has 0 bridgehead atoms. The van der Waals surface area contributed by atoms with Crippen molar-refractivity contribution in [2.75, 3.05) is 0 Å². The van der Waals surface area contributed by atoms with E-state index in [1.54, 1.807) is 0 Å². The van der Waals surface area contributed by atoms with Crippen LogP contribution >= 0.6 is 0 Å². The van der Waals surface area contributed by atoms with Crippen LogP contribution < -0.4 is 0 Å². The highest BCUT2D eigenvalue weighted by Gasteiger charge is 1.90. The molecule has 0 aliphatic rings. The summed E-state index contributed by atoms with van der Waals surface area (Å²) in [6.45, 7) is 0.